The molecule has 28 heavy (non-hydrogen) atoms. The predicted molar refractivity (Wildman–Crippen MR) is 99.7 cm³/mol. The number of ether oxygens (including phenoxy) is 1. The summed E-state index contributed by atoms with van der Waals surface area (Å²) in [4.78, 5) is 24.1. The second kappa shape index (κ2) is 8.34. The van der Waals surface area contributed by atoms with Crippen molar-refractivity contribution in [2.75, 3.05) is 20.2 Å². The molecule has 0 spiro atoms. The summed E-state index contributed by atoms with van der Waals surface area (Å²) in [5, 5.41) is 10.7. The molecular weight excluding hydrogens is 367 g/mol. The quantitative estimate of drug-likeness (QED) is 0.451. The van der Waals surface area contributed by atoms with E-state index in [0.717, 1.165) is 0 Å². The van der Waals surface area contributed by atoms with Crippen LogP contribution in [0.1, 0.15) is 10.6 Å². The van der Waals surface area contributed by atoms with E-state index in [1.165, 1.54) is 35.2 Å². The maximum absolute atomic E-state index is 13.5. The topological polar surface area (TPSA) is 85.8 Å². The van der Waals surface area contributed by atoms with E-state index in [0.29, 0.717) is 11.3 Å². The van der Waals surface area contributed by atoms with Gasteiger partial charge in [0.2, 0.25) is 0 Å². The number of likely N-dealkylation sites (N-methyl/N-ethyl adjacent to an activating group) is 1. The zero-order valence-corrected chi connectivity index (χ0v) is 15.0. The van der Waals surface area contributed by atoms with Crippen molar-refractivity contribution in [3.8, 4) is 17.1 Å². The number of nitro groups is 1. The van der Waals surface area contributed by atoms with Gasteiger partial charge in [0, 0.05) is 24.7 Å². The number of carbonyl (C=O) groups excluding carboxylic acids is 1. The fourth-order valence-electron chi connectivity index (χ4n) is 2.50. The SMILES string of the molecule is CN(CCOc1ccccc1F)C(=O)c1ccc(-c2ccc([N+](=O)[O-])cc2)o1. The van der Waals surface area contributed by atoms with Crippen LogP contribution in [0.4, 0.5) is 10.1 Å². The van der Waals surface area contributed by atoms with Crippen molar-refractivity contribution < 1.29 is 23.3 Å². The van der Waals surface area contributed by atoms with Crippen molar-refractivity contribution in [3.63, 3.8) is 0 Å². The van der Waals surface area contributed by atoms with Gasteiger partial charge in [0.05, 0.1) is 11.5 Å². The first-order valence-corrected chi connectivity index (χ1v) is 8.43. The van der Waals surface area contributed by atoms with Crippen LogP contribution in [0.2, 0.25) is 0 Å². The zero-order valence-electron chi connectivity index (χ0n) is 15.0. The van der Waals surface area contributed by atoms with Crippen LogP contribution in [-0.4, -0.2) is 35.9 Å². The Labute approximate surface area is 160 Å². The minimum atomic E-state index is -0.487. The standard InChI is InChI=1S/C20H17FN2O5/c1-22(12-13-27-18-5-3-2-4-16(18)21)20(24)19-11-10-17(28-19)14-6-8-15(9-7-14)23(25)26/h2-11H,12-13H2,1H3. The van der Waals surface area contributed by atoms with Gasteiger partial charge < -0.3 is 14.1 Å². The van der Waals surface area contributed by atoms with Gasteiger partial charge in [-0.25, -0.2) is 4.39 Å². The Balaban J connectivity index is 1.60. The number of non-ortho nitro benzene ring substituents is 1. The molecular formula is C20H17FN2O5. The summed E-state index contributed by atoms with van der Waals surface area (Å²) in [7, 11) is 1.58. The van der Waals surface area contributed by atoms with E-state index >= 15 is 0 Å². The first-order valence-electron chi connectivity index (χ1n) is 8.43. The molecule has 0 unspecified atom stereocenters. The Kier molecular flexibility index (Phi) is 5.69. The summed E-state index contributed by atoms with van der Waals surface area (Å²) >= 11 is 0. The highest BCUT2D eigenvalue weighted by Crippen LogP contribution is 2.25. The highest BCUT2D eigenvalue weighted by molar-refractivity contribution is 5.92. The number of rotatable bonds is 7. The van der Waals surface area contributed by atoms with Crippen molar-refractivity contribution in [1.29, 1.82) is 0 Å². The molecule has 0 bridgehead atoms. The van der Waals surface area contributed by atoms with Crippen LogP contribution >= 0.6 is 0 Å². The van der Waals surface area contributed by atoms with Gasteiger partial charge in [-0.15, -0.1) is 0 Å². The van der Waals surface area contributed by atoms with Crippen molar-refractivity contribution in [1.82, 2.24) is 4.90 Å². The van der Waals surface area contributed by atoms with E-state index in [2.05, 4.69) is 0 Å². The van der Waals surface area contributed by atoms with Crippen LogP contribution in [-0.2, 0) is 0 Å². The van der Waals surface area contributed by atoms with Crippen LogP contribution < -0.4 is 4.74 Å². The molecule has 0 atom stereocenters. The van der Waals surface area contributed by atoms with Gasteiger partial charge in [0.15, 0.2) is 17.3 Å². The van der Waals surface area contributed by atoms with Gasteiger partial charge in [-0.2, -0.15) is 0 Å². The van der Waals surface area contributed by atoms with E-state index in [9.17, 15) is 19.3 Å². The first-order chi connectivity index (χ1) is 13.5. The lowest BCUT2D eigenvalue weighted by Gasteiger charge is -2.16. The average Bonchev–Trinajstić information content (AvgIpc) is 3.19. The Morgan fingerprint density at radius 3 is 2.54 bits per heavy atom. The number of para-hydroxylation sites is 1. The normalized spacial score (nSPS) is 10.5. The number of benzene rings is 2. The monoisotopic (exact) mass is 384 g/mol. The molecule has 2 aromatic carbocycles. The Hall–Kier alpha value is -3.68. The molecule has 0 aliphatic heterocycles. The molecule has 7 nitrogen and oxygen atoms in total. The summed E-state index contributed by atoms with van der Waals surface area (Å²) in [6, 6.07) is 15.0. The molecule has 0 aliphatic carbocycles. The Bertz CT molecular complexity index is 984. The molecule has 0 aliphatic rings. The minimum Gasteiger partial charge on any atom is -0.489 e. The van der Waals surface area contributed by atoms with E-state index in [1.54, 1.807) is 37.4 Å². The summed E-state index contributed by atoms with van der Waals surface area (Å²) in [6.45, 7) is 0.361. The molecule has 0 fully saturated rings. The van der Waals surface area contributed by atoms with Gasteiger partial charge in [-0.1, -0.05) is 12.1 Å². The molecule has 0 saturated carbocycles. The molecule has 3 rings (SSSR count). The average molecular weight is 384 g/mol. The number of carbonyl (C=O) groups is 1. The highest BCUT2D eigenvalue weighted by Gasteiger charge is 2.17. The van der Waals surface area contributed by atoms with E-state index in [-0.39, 0.29) is 36.3 Å². The van der Waals surface area contributed by atoms with Crippen LogP contribution in [0.5, 0.6) is 5.75 Å². The third-order valence-corrected chi connectivity index (χ3v) is 4.05. The van der Waals surface area contributed by atoms with Gasteiger partial charge in [-0.3, -0.25) is 14.9 Å². The summed E-state index contributed by atoms with van der Waals surface area (Å²) in [5.41, 5.74) is 0.594. The van der Waals surface area contributed by atoms with Crippen LogP contribution in [0, 0.1) is 15.9 Å². The van der Waals surface area contributed by atoms with E-state index in [4.69, 9.17) is 9.15 Å². The second-order valence-electron chi connectivity index (χ2n) is 5.97. The zero-order chi connectivity index (χ0) is 20.1. The summed E-state index contributed by atoms with van der Waals surface area (Å²) < 4.78 is 24.4. The largest absolute Gasteiger partial charge is 0.489 e. The molecule has 144 valence electrons. The Morgan fingerprint density at radius 2 is 1.86 bits per heavy atom. The van der Waals surface area contributed by atoms with Gasteiger partial charge in [-0.05, 0) is 36.4 Å². The second-order valence-corrected chi connectivity index (χ2v) is 5.97. The number of nitrogens with zero attached hydrogens (tertiary/aromatic N) is 2. The third kappa shape index (κ3) is 4.35. The van der Waals surface area contributed by atoms with Gasteiger partial charge in [0.25, 0.3) is 11.6 Å². The molecule has 1 amide bonds. The molecule has 8 heteroatoms. The van der Waals surface area contributed by atoms with Crippen molar-refractivity contribution in [3.05, 3.63) is 82.4 Å². The third-order valence-electron chi connectivity index (χ3n) is 4.05. The van der Waals surface area contributed by atoms with Crippen molar-refractivity contribution in [2.45, 2.75) is 0 Å². The van der Waals surface area contributed by atoms with Crippen LogP contribution in [0.25, 0.3) is 11.3 Å². The summed E-state index contributed by atoms with van der Waals surface area (Å²) in [6.07, 6.45) is 0. The predicted octanol–water partition coefficient (Wildman–Crippen LogP) is 4.14. The fraction of sp³-hybridized carbons (Fsp3) is 0.150. The maximum atomic E-state index is 13.5. The molecule has 1 heterocycles. The number of amides is 1. The number of furan rings is 1. The van der Waals surface area contributed by atoms with E-state index < -0.39 is 10.7 Å². The molecule has 0 N–H and O–H groups in total. The van der Waals surface area contributed by atoms with Gasteiger partial charge in [0.1, 0.15) is 12.4 Å². The number of nitro benzene ring substituents is 1. The number of halogens is 1. The lowest BCUT2D eigenvalue weighted by molar-refractivity contribution is -0.384. The molecule has 3 aromatic rings. The van der Waals surface area contributed by atoms with Crippen LogP contribution in [0.15, 0.2) is 65.1 Å². The van der Waals surface area contributed by atoms with Gasteiger partial charge >= 0.3 is 0 Å². The first kappa shape index (κ1) is 19.1. The van der Waals surface area contributed by atoms with Crippen molar-refractivity contribution in [2.24, 2.45) is 0 Å². The minimum absolute atomic E-state index is 0.0267. The maximum Gasteiger partial charge on any atom is 0.289 e. The highest BCUT2D eigenvalue weighted by atomic mass is 19.1. The van der Waals surface area contributed by atoms with Crippen LogP contribution in [0.3, 0.4) is 0 Å². The molecule has 0 saturated heterocycles. The molecule has 0 radical (unpaired) electrons. The Morgan fingerprint density at radius 1 is 1.14 bits per heavy atom. The smallest absolute Gasteiger partial charge is 0.289 e. The number of hydrogen-bond acceptors (Lipinski definition) is 5. The van der Waals surface area contributed by atoms with E-state index in [1.807, 2.05) is 0 Å². The lowest BCUT2D eigenvalue weighted by atomic mass is 10.1. The molecule has 1 aromatic heterocycles. The van der Waals surface area contributed by atoms with Crippen molar-refractivity contribution >= 4 is 11.6 Å². The number of hydrogen-bond donors (Lipinski definition) is 0. The fourth-order valence-corrected chi connectivity index (χ4v) is 2.50. The summed E-state index contributed by atoms with van der Waals surface area (Å²) in [5.74, 6) is -0.140. The lowest BCUT2D eigenvalue weighted by Crippen LogP contribution is -2.30.